The maximum Gasteiger partial charge on any atom is 0.256 e. The molecule has 3 nitrogen and oxygen atoms in total. The van der Waals surface area contributed by atoms with E-state index in [4.69, 9.17) is 0 Å². The van der Waals surface area contributed by atoms with Crippen LogP contribution in [0.25, 0.3) is 5.57 Å². The van der Waals surface area contributed by atoms with E-state index in [0.717, 1.165) is 16.8 Å². The van der Waals surface area contributed by atoms with Crippen molar-refractivity contribution in [3.05, 3.63) is 101 Å². The average Bonchev–Trinajstić information content (AvgIpc) is 2.64. The van der Waals surface area contributed by atoms with Gasteiger partial charge >= 0.3 is 0 Å². The summed E-state index contributed by atoms with van der Waals surface area (Å²) in [5.41, 5.74) is 7.06. The number of hydrogen-bond acceptors (Lipinski definition) is 2. The van der Waals surface area contributed by atoms with Crippen molar-refractivity contribution in [1.29, 1.82) is 0 Å². The molecule has 0 saturated carbocycles. The summed E-state index contributed by atoms with van der Waals surface area (Å²) in [6, 6.07) is 20.0. The van der Waals surface area contributed by atoms with Crippen molar-refractivity contribution in [1.82, 2.24) is 4.98 Å². The van der Waals surface area contributed by atoms with Gasteiger partial charge in [0.05, 0.1) is 0 Å². The third-order valence-corrected chi connectivity index (χ3v) is 4.26. The van der Waals surface area contributed by atoms with Gasteiger partial charge in [-0.15, -0.1) is 0 Å². The second-order valence-electron chi connectivity index (χ2n) is 6.46. The zero-order valence-electron chi connectivity index (χ0n) is 15.3. The number of rotatable bonds is 4. The number of aryl methyl sites for hydroxylation is 1. The number of nitrogens with zero attached hydrogens (tertiary/aromatic N) is 1. The van der Waals surface area contributed by atoms with Crippen LogP contribution in [0.5, 0.6) is 0 Å². The molecule has 0 aliphatic carbocycles. The Morgan fingerprint density at radius 3 is 2.15 bits per heavy atom. The highest BCUT2D eigenvalue weighted by Crippen LogP contribution is 2.27. The SMILES string of the molecule is CC(C)=C(c1ccccc1)c1ccc(NC(=O)c2ccncc2C)cc1. The lowest BCUT2D eigenvalue weighted by molar-refractivity contribution is 0.102. The molecule has 1 heterocycles. The normalized spacial score (nSPS) is 10.3. The first-order valence-electron chi connectivity index (χ1n) is 8.61. The van der Waals surface area contributed by atoms with Gasteiger partial charge in [0.2, 0.25) is 0 Å². The molecule has 2 aromatic carbocycles. The van der Waals surface area contributed by atoms with Crippen molar-refractivity contribution in [3.8, 4) is 0 Å². The number of benzene rings is 2. The van der Waals surface area contributed by atoms with Crippen molar-refractivity contribution in [2.24, 2.45) is 0 Å². The molecule has 0 aliphatic rings. The van der Waals surface area contributed by atoms with Crippen molar-refractivity contribution < 1.29 is 4.79 Å². The minimum atomic E-state index is -0.122. The Morgan fingerprint density at radius 2 is 1.54 bits per heavy atom. The Balaban J connectivity index is 1.83. The number of allylic oxidation sites excluding steroid dienone is 1. The van der Waals surface area contributed by atoms with Gasteiger partial charge in [-0.3, -0.25) is 9.78 Å². The predicted octanol–water partition coefficient (Wildman–Crippen LogP) is 5.48. The summed E-state index contributed by atoms with van der Waals surface area (Å²) in [6.45, 7) is 6.11. The van der Waals surface area contributed by atoms with E-state index >= 15 is 0 Å². The highest BCUT2D eigenvalue weighted by atomic mass is 16.1. The van der Waals surface area contributed by atoms with E-state index < -0.39 is 0 Å². The first-order chi connectivity index (χ1) is 12.6. The zero-order chi connectivity index (χ0) is 18.5. The molecule has 0 atom stereocenters. The summed E-state index contributed by atoms with van der Waals surface area (Å²) < 4.78 is 0. The van der Waals surface area contributed by atoms with Crippen molar-refractivity contribution >= 4 is 17.2 Å². The highest BCUT2D eigenvalue weighted by molar-refractivity contribution is 6.05. The molecule has 3 aromatic rings. The van der Waals surface area contributed by atoms with Gasteiger partial charge < -0.3 is 5.32 Å². The molecule has 0 fully saturated rings. The highest BCUT2D eigenvalue weighted by Gasteiger charge is 2.10. The molecule has 0 radical (unpaired) electrons. The van der Waals surface area contributed by atoms with Crippen LogP contribution < -0.4 is 5.32 Å². The summed E-state index contributed by atoms with van der Waals surface area (Å²) >= 11 is 0. The number of hydrogen-bond donors (Lipinski definition) is 1. The number of anilines is 1. The van der Waals surface area contributed by atoms with Crippen molar-refractivity contribution in [3.63, 3.8) is 0 Å². The Hall–Kier alpha value is -3.20. The predicted molar refractivity (Wildman–Crippen MR) is 107 cm³/mol. The monoisotopic (exact) mass is 342 g/mol. The van der Waals surface area contributed by atoms with E-state index in [1.165, 1.54) is 16.7 Å². The van der Waals surface area contributed by atoms with E-state index in [1.54, 1.807) is 18.5 Å². The minimum Gasteiger partial charge on any atom is -0.322 e. The van der Waals surface area contributed by atoms with Crippen molar-refractivity contribution in [2.75, 3.05) is 5.32 Å². The fraction of sp³-hybridized carbons (Fsp3) is 0.130. The number of nitrogens with one attached hydrogen (secondary N) is 1. The van der Waals surface area contributed by atoms with Crippen LogP contribution >= 0.6 is 0 Å². The fourth-order valence-electron chi connectivity index (χ4n) is 3.00. The fourth-order valence-corrected chi connectivity index (χ4v) is 3.00. The number of carbonyl (C=O) groups is 1. The van der Waals surface area contributed by atoms with Gasteiger partial charge in [0.1, 0.15) is 0 Å². The average molecular weight is 342 g/mol. The van der Waals surface area contributed by atoms with Gasteiger partial charge in [-0.1, -0.05) is 48.0 Å². The Kier molecular flexibility index (Phi) is 5.28. The van der Waals surface area contributed by atoms with Crippen LogP contribution in [-0.2, 0) is 0 Å². The molecule has 26 heavy (non-hydrogen) atoms. The van der Waals surface area contributed by atoms with E-state index in [2.05, 4.69) is 36.3 Å². The molecule has 0 unspecified atom stereocenters. The maximum atomic E-state index is 12.4. The second-order valence-corrected chi connectivity index (χ2v) is 6.46. The second kappa shape index (κ2) is 7.79. The summed E-state index contributed by atoms with van der Waals surface area (Å²) in [4.78, 5) is 16.5. The Labute approximate surface area is 154 Å². The molecule has 0 spiro atoms. The molecule has 1 amide bonds. The number of aromatic nitrogens is 1. The Bertz CT molecular complexity index is 937. The van der Waals surface area contributed by atoms with E-state index in [1.807, 2.05) is 49.4 Å². The summed E-state index contributed by atoms with van der Waals surface area (Å²) in [7, 11) is 0. The van der Waals surface area contributed by atoms with Gasteiger partial charge in [-0.2, -0.15) is 0 Å². The third kappa shape index (κ3) is 3.89. The molecule has 3 heteroatoms. The van der Waals surface area contributed by atoms with Gasteiger partial charge in [0.15, 0.2) is 0 Å². The number of pyridine rings is 1. The van der Waals surface area contributed by atoms with Crippen LogP contribution in [0.1, 0.15) is 40.9 Å². The lowest BCUT2D eigenvalue weighted by Gasteiger charge is -2.12. The van der Waals surface area contributed by atoms with Gasteiger partial charge in [0, 0.05) is 23.6 Å². The minimum absolute atomic E-state index is 0.122. The maximum absolute atomic E-state index is 12.4. The van der Waals surface area contributed by atoms with Crippen LogP contribution in [0.4, 0.5) is 5.69 Å². The third-order valence-electron chi connectivity index (χ3n) is 4.26. The van der Waals surface area contributed by atoms with Crippen LogP contribution in [0.15, 0.2) is 78.6 Å². The van der Waals surface area contributed by atoms with E-state index in [9.17, 15) is 4.79 Å². The van der Waals surface area contributed by atoms with Crippen LogP contribution in [0, 0.1) is 6.92 Å². The van der Waals surface area contributed by atoms with Crippen LogP contribution in [-0.4, -0.2) is 10.9 Å². The molecule has 1 N–H and O–H groups in total. The molecular formula is C23H22N2O. The first kappa shape index (κ1) is 17.6. The topological polar surface area (TPSA) is 42.0 Å². The molecule has 0 aliphatic heterocycles. The summed E-state index contributed by atoms with van der Waals surface area (Å²) in [5.74, 6) is -0.122. The van der Waals surface area contributed by atoms with Gasteiger partial charge in [-0.05, 0) is 61.2 Å². The van der Waals surface area contributed by atoms with E-state index in [-0.39, 0.29) is 5.91 Å². The molecule has 1 aromatic heterocycles. The largest absolute Gasteiger partial charge is 0.322 e. The first-order valence-corrected chi connectivity index (χ1v) is 8.61. The van der Waals surface area contributed by atoms with Crippen LogP contribution in [0.2, 0.25) is 0 Å². The summed E-state index contributed by atoms with van der Waals surface area (Å²) in [5, 5.41) is 2.95. The molecule has 130 valence electrons. The number of carbonyl (C=O) groups excluding carboxylic acids is 1. The molecule has 0 saturated heterocycles. The molecular weight excluding hydrogens is 320 g/mol. The standard InChI is InChI=1S/C23H22N2O/c1-16(2)22(18-7-5-4-6-8-18)19-9-11-20(12-10-19)25-23(26)21-13-14-24-15-17(21)3/h4-15H,1-3H3,(H,25,26). The lowest BCUT2D eigenvalue weighted by Crippen LogP contribution is -2.13. The Morgan fingerprint density at radius 1 is 0.885 bits per heavy atom. The van der Waals surface area contributed by atoms with Gasteiger partial charge in [0.25, 0.3) is 5.91 Å². The van der Waals surface area contributed by atoms with Gasteiger partial charge in [-0.25, -0.2) is 0 Å². The molecule has 3 rings (SSSR count). The quantitative estimate of drug-likeness (QED) is 0.682. The summed E-state index contributed by atoms with van der Waals surface area (Å²) in [6.07, 6.45) is 3.32. The van der Waals surface area contributed by atoms with E-state index in [0.29, 0.717) is 5.56 Å². The smallest absolute Gasteiger partial charge is 0.256 e. The number of amides is 1. The van der Waals surface area contributed by atoms with Crippen molar-refractivity contribution in [2.45, 2.75) is 20.8 Å². The van der Waals surface area contributed by atoms with Crippen LogP contribution in [0.3, 0.4) is 0 Å². The lowest BCUT2D eigenvalue weighted by atomic mass is 9.94. The molecule has 0 bridgehead atoms. The zero-order valence-corrected chi connectivity index (χ0v) is 15.3.